The predicted octanol–water partition coefficient (Wildman–Crippen LogP) is 0.696. The predicted molar refractivity (Wildman–Crippen MR) is 91.4 cm³/mol. The lowest BCUT2D eigenvalue weighted by Crippen LogP contribution is -2.51. The van der Waals surface area contributed by atoms with Crippen molar-refractivity contribution in [3.63, 3.8) is 0 Å². The van der Waals surface area contributed by atoms with Crippen LogP contribution in [0.4, 0.5) is 0 Å². The molecule has 3 rings (SSSR count). The van der Waals surface area contributed by atoms with E-state index < -0.39 is 0 Å². The minimum Gasteiger partial charge on any atom is -0.395 e. The van der Waals surface area contributed by atoms with Crippen molar-refractivity contribution in [3.8, 4) is 0 Å². The molecule has 3 aliphatic heterocycles. The Morgan fingerprint density at radius 1 is 1.00 bits per heavy atom. The standard InChI is InChI=1S/C18H31N3O3/c22-13-12-20-10-5-6-18(17(20)24)7-11-21(15-18)16(23)14-19-8-3-1-2-4-9-19/h22H,1-15H2/t18-/m1/s1. The number of rotatable bonds is 4. The maximum atomic E-state index is 12.8. The first-order valence-electron chi connectivity index (χ1n) is 9.55. The van der Waals surface area contributed by atoms with Gasteiger partial charge in [0.25, 0.3) is 0 Å². The Bertz CT molecular complexity index is 460. The Hall–Kier alpha value is -1.14. The second-order valence-electron chi connectivity index (χ2n) is 7.66. The minimum absolute atomic E-state index is 0.0133. The number of piperidine rings is 1. The molecule has 6 heteroatoms. The summed E-state index contributed by atoms with van der Waals surface area (Å²) in [7, 11) is 0. The molecule has 3 fully saturated rings. The van der Waals surface area contributed by atoms with Gasteiger partial charge in [0.05, 0.1) is 18.6 Å². The van der Waals surface area contributed by atoms with Gasteiger partial charge in [0.1, 0.15) is 0 Å². The van der Waals surface area contributed by atoms with Crippen LogP contribution in [0, 0.1) is 5.41 Å². The molecule has 0 aromatic carbocycles. The summed E-state index contributed by atoms with van der Waals surface area (Å²) in [5, 5.41) is 9.15. The third-order valence-corrected chi connectivity index (χ3v) is 5.96. The average molecular weight is 337 g/mol. The smallest absolute Gasteiger partial charge is 0.236 e. The van der Waals surface area contributed by atoms with Gasteiger partial charge in [-0.2, -0.15) is 0 Å². The molecule has 3 aliphatic rings. The van der Waals surface area contributed by atoms with Crippen LogP contribution in [-0.2, 0) is 9.59 Å². The number of nitrogens with zero attached hydrogens (tertiary/aromatic N) is 3. The first-order valence-corrected chi connectivity index (χ1v) is 9.55. The highest BCUT2D eigenvalue weighted by atomic mass is 16.3. The van der Waals surface area contributed by atoms with Gasteiger partial charge in [0.2, 0.25) is 11.8 Å². The number of aliphatic hydroxyl groups is 1. The summed E-state index contributed by atoms with van der Waals surface area (Å²) in [5.74, 6) is 0.328. The molecule has 0 aromatic heterocycles. The number of amides is 2. The molecule has 0 saturated carbocycles. The van der Waals surface area contributed by atoms with Crippen LogP contribution in [0.2, 0.25) is 0 Å². The van der Waals surface area contributed by atoms with E-state index in [1.165, 1.54) is 25.7 Å². The van der Waals surface area contributed by atoms with Crippen molar-refractivity contribution in [3.05, 3.63) is 0 Å². The van der Waals surface area contributed by atoms with Gasteiger partial charge >= 0.3 is 0 Å². The van der Waals surface area contributed by atoms with Crippen LogP contribution in [0.1, 0.15) is 44.9 Å². The fourth-order valence-corrected chi connectivity index (χ4v) is 4.54. The molecule has 1 spiro atoms. The molecular formula is C18H31N3O3. The molecule has 1 atom stereocenters. The van der Waals surface area contributed by atoms with Gasteiger partial charge in [-0.3, -0.25) is 14.5 Å². The minimum atomic E-state index is -0.387. The Kier molecular flexibility index (Phi) is 5.76. The molecule has 136 valence electrons. The topological polar surface area (TPSA) is 64.1 Å². The number of hydrogen-bond donors (Lipinski definition) is 1. The lowest BCUT2D eigenvalue weighted by molar-refractivity contribution is -0.146. The van der Waals surface area contributed by atoms with Crippen LogP contribution in [-0.4, -0.2) is 84.0 Å². The molecule has 3 saturated heterocycles. The Morgan fingerprint density at radius 3 is 2.46 bits per heavy atom. The van der Waals surface area contributed by atoms with E-state index in [9.17, 15) is 9.59 Å². The summed E-state index contributed by atoms with van der Waals surface area (Å²) >= 11 is 0. The molecule has 1 N–H and O–H groups in total. The summed E-state index contributed by atoms with van der Waals surface area (Å²) in [6.45, 7) is 4.99. The van der Waals surface area contributed by atoms with Crippen LogP contribution in [0.5, 0.6) is 0 Å². The molecule has 0 aromatic rings. The first-order chi connectivity index (χ1) is 11.6. The van der Waals surface area contributed by atoms with Crippen molar-refractivity contribution >= 4 is 11.8 Å². The number of aliphatic hydroxyl groups excluding tert-OH is 1. The van der Waals surface area contributed by atoms with E-state index in [-0.39, 0.29) is 23.8 Å². The zero-order valence-electron chi connectivity index (χ0n) is 14.7. The van der Waals surface area contributed by atoms with Crippen LogP contribution < -0.4 is 0 Å². The van der Waals surface area contributed by atoms with E-state index >= 15 is 0 Å². The maximum Gasteiger partial charge on any atom is 0.236 e. The highest BCUT2D eigenvalue weighted by Gasteiger charge is 2.49. The number of likely N-dealkylation sites (tertiary alicyclic amines) is 3. The Balaban J connectivity index is 1.57. The van der Waals surface area contributed by atoms with E-state index in [1.54, 1.807) is 4.90 Å². The van der Waals surface area contributed by atoms with Crippen molar-refractivity contribution in [2.24, 2.45) is 5.41 Å². The van der Waals surface area contributed by atoms with E-state index in [2.05, 4.69) is 4.90 Å². The van der Waals surface area contributed by atoms with Crippen molar-refractivity contribution in [1.82, 2.24) is 14.7 Å². The second-order valence-corrected chi connectivity index (χ2v) is 7.66. The van der Waals surface area contributed by atoms with Crippen molar-refractivity contribution in [1.29, 1.82) is 0 Å². The first kappa shape index (κ1) is 17.7. The average Bonchev–Trinajstić information content (AvgIpc) is 2.83. The van der Waals surface area contributed by atoms with Crippen LogP contribution in [0.3, 0.4) is 0 Å². The zero-order chi connectivity index (χ0) is 17.0. The summed E-state index contributed by atoms with van der Waals surface area (Å²) in [5.41, 5.74) is -0.387. The van der Waals surface area contributed by atoms with E-state index in [0.29, 0.717) is 26.2 Å². The van der Waals surface area contributed by atoms with Crippen molar-refractivity contribution in [2.45, 2.75) is 44.9 Å². The van der Waals surface area contributed by atoms with Gasteiger partial charge in [-0.25, -0.2) is 0 Å². The van der Waals surface area contributed by atoms with E-state index in [0.717, 1.165) is 38.9 Å². The fourth-order valence-electron chi connectivity index (χ4n) is 4.54. The highest BCUT2D eigenvalue weighted by molar-refractivity contribution is 5.86. The lowest BCUT2D eigenvalue weighted by atomic mass is 9.78. The molecule has 2 amide bonds. The third kappa shape index (κ3) is 3.75. The Labute approximate surface area is 144 Å². The van der Waals surface area contributed by atoms with Gasteiger partial charge < -0.3 is 14.9 Å². The third-order valence-electron chi connectivity index (χ3n) is 5.96. The van der Waals surface area contributed by atoms with Gasteiger partial charge in [-0.05, 0) is 45.2 Å². The quantitative estimate of drug-likeness (QED) is 0.820. The van der Waals surface area contributed by atoms with Crippen LogP contribution >= 0.6 is 0 Å². The van der Waals surface area contributed by atoms with Gasteiger partial charge in [-0.15, -0.1) is 0 Å². The molecule has 0 aliphatic carbocycles. The number of hydrogen-bond acceptors (Lipinski definition) is 4. The van der Waals surface area contributed by atoms with Gasteiger partial charge in [-0.1, -0.05) is 12.8 Å². The fraction of sp³-hybridized carbons (Fsp3) is 0.889. The monoisotopic (exact) mass is 337 g/mol. The summed E-state index contributed by atoms with van der Waals surface area (Å²) < 4.78 is 0. The molecular weight excluding hydrogens is 306 g/mol. The van der Waals surface area contributed by atoms with Gasteiger partial charge in [0.15, 0.2) is 0 Å². The lowest BCUT2D eigenvalue weighted by Gasteiger charge is -2.39. The molecule has 24 heavy (non-hydrogen) atoms. The number of carbonyl (C=O) groups excluding carboxylic acids is 2. The number of β-amino-alcohol motifs (C(OH)–C–C–N with tert-alkyl or cyclic N) is 1. The van der Waals surface area contributed by atoms with E-state index in [1.807, 2.05) is 4.90 Å². The van der Waals surface area contributed by atoms with Crippen LogP contribution in [0.25, 0.3) is 0 Å². The van der Waals surface area contributed by atoms with Crippen LogP contribution in [0.15, 0.2) is 0 Å². The van der Waals surface area contributed by atoms with Crippen molar-refractivity contribution in [2.75, 3.05) is 52.4 Å². The SMILES string of the molecule is O=C(CN1CCCCCC1)N1CC[C@]2(CCCN(CCO)C2=O)C1. The Morgan fingerprint density at radius 2 is 1.75 bits per heavy atom. The normalized spacial score (nSPS) is 29.3. The number of carbonyl (C=O) groups is 2. The maximum absolute atomic E-state index is 12.8. The molecule has 6 nitrogen and oxygen atoms in total. The van der Waals surface area contributed by atoms with E-state index in [4.69, 9.17) is 5.11 Å². The molecule has 0 unspecified atom stereocenters. The molecule has 0 bridgehead atoms. The van der Waals surface area contributed by atoms with Crippen molar-refractivity contribution < 1.29 is 14.7 Å². The van der Waals surface area contributed by atoms with Gasteiger partial charge in [0, 0.05) is 26.2 Å². The summed E-state index contributed by atoms with van der Waals surface area (Å²) in [6, 6.07) is 0. The summed E-state index contributed by atoms with van der Waals surface area (Å²) in [6.07, 6.45) is 7.54. The zero-order valence-corrected chi connectivity index (χ0v) is 14.7. The second kappa shape index (κ2) is 7.83. The molecule has 0 radical (unpaired) electrons. The highest BCUT2D eigenvalue weighted by Crippen LogP contribution is 2.40. The largest absolute Gasteiger partial charge is 0.395 e. The molecule has 3 heterocycles. The summed E-state index contributed by atoms with van der Waals surface area (Å²) in [4.78, 5) is 31.5.